The second-order valence-corrected chi connectivity index (χ2v) is 11.7. The minimum Gasteiger partial charge on any atom is -0.506 e. The zero-order chi connectivity index (χ0) is 28.8. The van der Waals surface area contributed by atoms with E-state index >= 15 is 0 Å². The summed E-state index contributed by atoms with van der Waals surface area (Å²) in [5.41, 5.74) is 1.13. The molecular weight excluding hydrogens is 628 g/mol. The first-order chi connectivity index (χ1) is 18.7. The van der Waals surface area contributed by atoms with Gasteiger partial charge < -0.3 is 20.4 Å². The summed E-state index contributed by atoms with van der Waals surface area (Å²) in [5, 5.41) is 39.5. The number of carboxylic acid groups (broad SMARTS) is 2. The van der Waals surface area contributed by atoms with Crippen LogP contribution in [-0.2, 0) is 0 Å². The van der Waals surface area contributed by atoms with Crippen molar-refractivity contribution in [2.45, 2.75) is 96.8 Å². The molecule has 0 unspecified atom stereocenters. The molecule has 6 nitrogen and oxygen atoms in total. The number of phenols is 2. The Hall–Kier alpha value is -2.32. The number of unbranched alkanes of at least 4 members (excludes halogenated alkanes) is 13. The molecule has 39 heavy (non-hydrogen) atoms. The van der Waals surface area contributed by atoms with E-state index in [2.05, 4.69) is 38.8 Å². The van der Waals surface area contributed by atoms with Gasteiger partial charge in [0.05, 0.1) is 8.95 Å². The molecule has 0 radical (unpaired) electrons. The molecule has 8 heteroatoms. The highest BCUT2D eigenvalue weighted by atomic mass is 79.9. The summed E-state index contributed by atoms with van der Waals surface area (Å²) in [6, 6.07) is 5.97. The second kappa shape index (κ2) is 17.4. The molecule has 2 aromatic carbocycles. The van der Waals surface area contributed by atoms with E-state index in [0.29, 0.717) is 16.7 Å². The number of hydrogen-bond donors (Lipinski definition) is 4. The Morgan fingerprint density at radius 1 is 0.641 bits per heavy atom. The van der Waals surface area contributed by atoms with Crippen molar-refractivity contribution in [1.29, 1.82) is 0 Å². The summed E-state index contributed by atoms with van der Waals surface area (Å²) in [5.74, 6) is -3.30. The second-order valence-electron chi connectivity index (χ2n) is 9.97. The lowest BCUT2D eigenvalue weighted by Crippen LogP contribution is -2.02. The van der Waals surface area contributed by atoms with Gasteiger partial charge in [0, 0.05) is 0 Å². The van der Waals surface area contributed by atoms with Crippen LogP contribution in [0.25, 0.3) is 5.57 Å². The molecular formula is C31H40Br2O6. The first-order valence-electron chi connectivity index (χ1n) is 13.9. The summed E-state index contributed by atoms with van der Waals surface area (Å²) in [6.07, 6.45) is 19.0. The van der Waals surface area contributed by atoms with Gasteiger partial charge in [0.1, 0.15) is 22.6 Å². The van der Waals surface area contributed by atoms with E-state index in [4.69, 9.17) is 0 Å². The molecule has 0 bridgehead atoms. The van der Waals surface area contributed by atoms with Gasteiger partial charge in [-0.2, -0.15) is 0 Å². The minimum absolute atomic E-state index is 0.223. The van der Waals surface area contributed by atoms with E-state index in [1.54, 1.807) is 12.1 Å². The van der Waals surface area contributed by atoms with Gasteiger partial charge in [0.15, 0.2) is 0 Å². The number of rotatable bonds is 18. The van der Waals surface area contributed by atoms with Crippen molar-refractivity contribution in [2.24, 2.45) is 0 Å². The van der Waals surface area contributed by atoms with E-state index in [0.717, 1.165) is 25.7 Å². The van der Waals surface area contributed by atoms with Gasteiger partial charge in [0.2, 0.25) is 0 Å². The molecule has 0 atom stereocenters. The van der Waals surface area contributed by atoms with Gasteiger partial charge in [-0.3, -0.25) is 0 Å². The Morgan fingerprint density at radius 2 is 1.00 bits per heavy atom. The molecule has 0 heterocycles. The van der Waals surface area contributed by atoms with Crippen molar-refractivity contribution in [2.75, 3.05) is 0 Å². The molecule has 4 N–H and O–H groups in total. The maximum Gasteiger partial charge on any atom is 0.339 e. The molecule has 0 amide bonds. The van der Waals surface area contributed by atoms with Crippen LogP contribution in [0.1, 0.15) is 129 Å². The van der Waals surface area contributed by atoms with E-state index in [1.807, 2.05) is 6.08 Å². The highest BCUT2D eigenvalue weighted by molar-refractivity contribution is 9.11. The fourth-order valence-electron chi connectivity index (χ4n) is 4.65. The first-order valence-corrected chi connectivity index (χ1v) is 15.5. The zero-order valence-corrected chi connectivity index (χ0v) is 25.8. The van der Waals surface area contributed by atoms with Gasteiger partial charge >= 0.3 is 11.9 Å². The van der Waals surface area contributed by atoms with Crippen molar-refractivity contribution in [1.82, 2.24) is 0 Å². The number of hydrogen-bond acceptors (Lipinski definition) is 4. The fraction of sp³-hybridized carbons (Fsp3) is 0.484. The SMILES string of the molecule is CCCCCCCCCCCCCCCC=C(c1cc(Br)c(O)c(C(=O)O)c1)c1cc(Br)c(O)c(C(=O)O)c1. The molecule has 0 spiro atoms. The zero-order valence-electron chi connectivity index (χ0n) is 22.6. The fourth-order valence-corrected chi connectivity index (χ4v) is 5.57. The number of benzene rings is 2. The van der Waals surface area contributed by atoms with Crippen LogP contribution in [0.4, 0.5) is 0 Å². The minimum atomic E-state index is -1.27. The average Bonchev–Trinajstić information content (AvgIpc) is 2.89. The number of carboxylic acids is 2. The first kappa shape index (κ1) is 32.9. The Kier molecular flexibility index (Phi) is 14.7. The van der Waals surface area contributed by atoms with Crippen molar-refractivity contribution in [3.05, 3.63) is 61.5 Å². The lowest BCUT2D eigenvalue weighted by Gasteiger charge is -2.14. The molecule has 2 aromatic rings. The molecule has 0 aliphatic carbocycles. The topological polar surface area (TPSA) is 115 Å². The van der Waals surface area contributed by atoms with Crippen LogP contribution in [0.3, 0.4) is 0 Å². The number of halogens is 2. The van der Waals surface area contributed by atoms with Crippen LogP contribution >= 0.6 is 31.9 Å². The standard InChI is InChI=1S/C31H40Br2O6/c1-2-3-4-5-6-7-8-9-10-11-12-13-14-15-16-23(21-17-24(30(36)37)28(34)26(32)19-21)22-18-25(31(38)39)29(35)27(33)20-22/h16-20,34-35H,2-15H2,1H3,(H,36,37)(H,38,39). The van der Waals surface area contributed by atoms with Crippen molar-refractivity contribution in [3.63, 3.8) is 0 Å². The van der Waals surface area contributed by atoms with Crippen LogP contribution < -0.4 is 0 Å². The van der Waals surface area contributed by atoms with Crippen LogP contribution in [-0.4, -0.2) is 32.4 Å². The van der Waals surface area contributed by atoms with E-state index < -0.39 is 11.9 Å². The van der Waals surface area contributed by atoms with Crippen LogP contribution in [0.5, 0.6) is 11.5 Å². The number of aromatic carboxylic acids is 2. The summed E-state index contributed by atoms with van der Waals surface area (Å²) in [7, 11) is 0. The highest BCUT2D eigenvalue weighted by Gasteiger charge is 2.20. The van der Waals surface area contributed by atoms with Crippen LogP contribution in [0, 0.1) is 0 Å². The third-order valence-electron chi connectivity index (χ3n) is 6.87. The third kappa shape index (κ3) is 10.6. The molecule has 0 aliphatic heterocycles. The third-order valence-corrected chi connectivity index (χ3v) is 8.07. The van der Waals surface area contributed by atoms with E-state index in [1.165, 1.54) is 76.3 Å². The van der Waals surface area contributed by atoms with Gasteiger partial charge in [-0.1, -0.05) is 90.0 Å². The lowest BCUT2D eigenvalue weighted by atomic mass is 9.93. The Balaban J connectivity index is 2.06. The largest absolute Gasteiger partial charge is 0.506 e. The van der Waals surface area contributed by atoms with Crippen molar-refractivity contribution < 1.29 is 30.0 Å². The molecule has 0 saturated heterocycles. The number of aromatic hydroxyl groups is 2. The van der Waals surface area contributed by atoms with Crippen LogP contribution in [0.2, 0.25) is 0 Å². The normalized spacial score (nSPS) is 10.9. The lowest BCUT2D eigenvalue weighted by molar-refractivity contribution is 0.0682. The predicted molar refractivity (Wildman–Crippen MR) is 163 cm³/mol. The van der Waals surface area contributed by atoms with Gasteiger partial charge in [-0.05, 0) is 85.7 Å². The van der Waals surface area contributed by atoms with Gasteiger partial charge in [0.25, 0.3) is 0 Å². The highest BCUT2D eigenvalue weighted by Crippen LogP contribution is 2.38. The molecule has 0 fully saturated rings. The summed E-state index contributed by atoms with van der Waals surface area (Å²) in [4.78, 5) is 23.4. The maximum atomic E-state index is 11.7. The van der Waals surface area contributed by atoms with Gasteiger partial charge in [-0.25, -0.2) is 9.59 Å². The monoisotopic (exact) mass is 666 g/mol. The number of carbonyl (C=O) groups is 2. The summed E-state index contributed by atoms with van der Waals surface area (Å²) >= 11 is 6.46. The smallest absolute Gasteiger partial charge is 0.339 e. The molecule has 214 valence electrons. The molecule has 0 aliphatic rings. The Bertz CT molecular complexity index is 1070. The van der Waals surface area contributed by atoms with E-state index in [-0.39, 0.29) is 31.6 Å². The van der Waals surface area contributed by atoms with E-state index in [9.17, 15) is 30.0 Å². The summed E-state index contributed by atoms with van der Waals surface area (Å²) < 4.78 is 0.445. The Morgan fingerprint density at radius 3 is 1.36 bits per heavy atom. The quantitative estimate of drug-likeness (QED) is 0.118. The maximum absolute atomic E-state index is 11.7. The molecule has 0 saturated carbocycles. The van der Waals surface area contributed by atoms with Crippen molar-refractivity contribution >= 4 is 49.4 Å². The number of allylic oxidation sites excluding steroid dienone is 1. The Labute approximate surface area is 248 Å². The molecule has 2 rings (SSSR count). The van der Waals surface area contributed by atoms with Crippen LogP contribution in [0.15, 0.2) is 39.3 Å². The van der Waals surface area contributed by atoms with Crippen molar-refractivity contribution in [3.8, 4) is 11.5 Å². The predicted octanol–water partition coefficient (Wildman–Crippen LogP) is 9.93. The molecule has 0 aromatic heterocycles. The average molecular weight is 668 g/mol. The summed E-state index contributed by atoms with van der Waals surface area (Å²) in [6.45, 7) is 2.24. The van der Waals surface area contributed by atoms with Gasteiger partial charge in [-0.15, -0.1) is 0 Å².